The summed E-state index contributed by atoms with van der Waals surface area (Å²) in [7, 11) is 4.08. The highest BCUT2D eigenvalue weighted by atomic mass is 16.6. The smallest absolute Gasteiger partial charge is 0.165 e. The molecule has 0 fully saturated rings. The molecule has 4 nitrogen and oxygen atoms in total. The predicted octanol–water partition coefficient (Wildman–Crippen LogP) is 1.11. The molecule has 0 aromatic heterocycles. The number of benzene rings is 1. The molecule has 4 heteroatoms. The third-order valence-electron chi connectivity index (χ3n) is 2.83. The summed E-state index contributed by atoms with van der Waals surface area (Å²) in [5.74, 6) is 1.78. The van der Waals surface area contributed by atoms with Crippen molar-refractivity contribution in [3.05, 3.63) is 23.8 Å². The monoisotopic (exact) mass is 236 g/mol. The minimum Gasteiger partial charge on any atom is -0.486 e. The molecule has 1 N–H and O–H groups in total. The largest absolute Gasteiger partial charge is 0.486 e. The summed E-state index contributed by atoms with van der Waals surface area (Å²) in [5, 5.41) is 3.15. The fraction of sp³-hybridized carbons (Fsp3) is 0.538. The predicted molar refractivity (Wildman–Crippen MR) is 67.7 cm³/mol. The molecule has 1 heterocycles. The number of hydrogen-bond acceptors (Lipinski definition) is 4. The van der Waals surface area contributed by atoms with Crippen LogP contribution in [0, 0.1) is 0 Å². The van der Waals surface area contributed by atoms with Crippen LogP contribution in [-0.4, -0.2) is 45.3 Å². The number of fused-ring (bicyclic) bond motifs is 1. The first-order valence-corrected chi connectivity index (χ1v) is 6.02. The number of para-hydroxylation sites is 1. The maximum atomic E-state index is 5.69. The number of rotatable bonds is 5. The van der Waals surface area contributed by atoms with Crippen molar-refractivity contribution in [3.8, 4) is 11.5 Å². The Hall–Kier alpha value is -1.26. The molecule has 0 saturated heterocycles. The first-order chi connectivity index (χ1) is 8.31. The van der Waals surface area contributed by atoms with Gasteiger partial charge >= 0.3 is 0 Å². The van der Waals surface area contributed by atoms with Gasteiger partial charge in [-0.2, -0.15) is 0 Å². The van der Waals surface area contributed by atoms with Crippen molar-refractivity contribution in [2.75, 3.05) is 40.4 Å². The van der Waals surface area contributed by atoms with Gasteiger partial charge in [0, 0.05) is 25.2 Å². The highest BCUT2D eigenvalue weighted by Gasteiger charge is 2.16. The topological polar surface area (TPSA) is 33.7 Å². The normalized spacial score (nSPS) is 14.1. The summed E-state index contributed by atoms with van der Waals surface area (Å²) >= 11 is 0. The van der Waals surface area contributed by atoms with Crippen molar-refractivity contribution in [1.82, 2.24) is 10.2 Å². The quantitative estimate of drug-likeness (QED) is 0.830. The third kappa shape index (κ3) is 3.11. The Balaban J connectivity index is 2.05. The molecule has 0 aliphatic carbocycles. The Morgan fingerprint density at radius 1 is 1.29 bits per heavy atom. The molecule has 94 valence electrons. The van der Waals surface area contributed by atoms with Crippen LogP contribution in [0.3, 0.4) is 0 Å². The molecule has 0 radical (unpaired) electrons. The van der Waals surface area contributed by atoms with Gasteiger partial charge in [-0.15, -0.1) is 0 Å². The van der Waals surface area contributed by atoms with Gasteiger partial charge < -0.3 is 19.7 Å². The lowest BCUT2D eigenvalue weighted by molar-refractivity contribution is 0.167. The maximum absolute atomic E-state index is 5.69. The molecule has 0 atom stereocenters. The van der Waals surface area contributed by atoms with Crippen LogP contribution in [0.2, 0.25) is 0 Å². The van der Waals surface area contributed by atoms with Crippen LogP contribution >= 0.6 is 0 Å². The summed E-state index contributed by atoms with van der Waals surface area (Å²) in [6, 6.07) is 6.09. The second-order valence-electron chi connectivity index (χ2n) is 4.28. The Kier molecular flexibility index (Phi) is 4.23. The Labute approximate surface area is 103 Å². The minimum absolute atomic E-state index is 0.643. The molecule has 0 amide bonds. The summed E-state index contributed by atoms with van der Waals surface area (Å²) in [6.45, 7) is 4.18. The lowest BCUT2D eigenvalue weighted by Gasteiger charge is -2.23. The molecule has 17 heavy (non-hydrogen) atoms. The number of hydrogen-bond donors (Lipinski definition) is 1. The van der Waals surface area contributed by atoms with E-state index < -0.39 is 0 Å². The average molecular weight is 236 g/mol. The lowest BCUT2D eigenvalue weighted by atomic mass is 10.1. The molecule has 1 aliphatic rings. The van der Waals surface area contributed by atoms with Gasteiger partial charge in [0.2, 0.25) is 0 Å². The van der Waals surface area contributed by atoms with E-state index in [1.54, 1.807) is 0 Å². The number of nitrogens with one attached hydrogen (secondary N) is 1. The zero-order valence-electron chi connectivity index (χ0n) is 10.5. The zero-order valence-corrected chi connectivity index (χ0v) is 10.5. The van der Waals surface area contributed by atoms with Gasteiger partial charge in [0.1, 0.15) is 13.2 Å². The molecular formula is C13H20N2O2. The Morgan fingerprint density at radius 3 is 2.94 bits per heavy atom. The van der Waals surface area contributed by atoms with Gasteiger partial charge in [-0.1, -0.05) is 12.1 Å². The molecule has 0 saturated carbocycles. The summed E-state index contributed by atoms with van der Waals surface area (Å²) in [5.41, 5.74) is 1.20. The van der Waals surface area contributed by atoms with E-state index in [0.717, 1.165) is 31.1 Å². The van der Waals surface area contributed by atoms with Crippen LogP contribution in [-0.2, 0) is 6.54 Å². The van der Waals surface area contributed by atoms with Crippen LogP contribution in [0.5, 0.6) is 11.5 Å². The van der Waals surface area contributed by atoms with Gasteiger partial charge in [-0.25, -0.2) is 0 Å². The first-order valence-electron chi connectivity index (χ1n) is 6.02. The lowest BCUT2D eigenvalue weighted by Crippen LogP contribution is -2.27. The van der Waals surface area contributed by atoms with Crippen molar-refractivity contribution in [1.29, 1.82) is 0 Å². The van der Waals surface area contributed by atoms with Crippen LogP contribution in [0.25, 0.3) is 0 Å². The van der Waals surface area contributed by atoms with E-state index in [-0.39, 0.29) is 0 Å². The van der Waals surface area contributed by atoms with Gasteiger partial charge in [-0.05, 0) is 20.2 Å². The van der Waals surface area contributed by atoms with Crippen LogP contribution in [0.1, 0.15) is 5.56 Å². The molecule has 1 aromatic carbocycles. The SMILES string of the molecule is CNCCN(C)Cc1cccc2c1OCCO2. The molecule has 0 bridgehead atoms. The molecule has 1 aromatic rings. The van der Waals surface area contributed by atoms with Crippen molar-refractivity contribution in [2.45, 2.75) is 6.54 Å². The van der Waals surface area contributed by atoms with Crippen LogP contribution in [0.15, 0.2) is 18.2 Å². The fourth-order valence-electron chi connectivity index (χ4n) is 1.93. The van der Waals surface area contributed by atoms with E-state index >= 15 is 0 Å². The van der Waals surface area contributed by atoms with E-state index in [1.165, 1.54) is 5.56 Å². The van der Waals surface area contributed by atoms with E-state index in [0.29, 0.717) is 13.2 Å². The van der Waals surface area contributed by atoms with Gasteiger partial charge in [0.25, 0.3) is 0 Å². The molecular weight excluding hydrogens is 216 g/mol. The van der Waals surface area contributed by atoms with Gasteiger partial charge in [0.15, 0.2) is 11.5 Å². The number of nitrogens with zero attached hydrogens (tertiary/aromatic N) is 1. The van der Waals surface area contributed by atoms with E-state index in [1.807, 2.05) is 19.2 Å². The highest BCUT2D eigenvalue weighted by Crippen LogP contribution is 2.33. The van der Waals surface area contributed by atoms with E-state index in [9.17, 15) is 0 Å². The second kappa shape index (κ2) is 5.89. The zero-order chi connectivity index (χ0) is 12.1. The molecule has 2 rings (SSSR count). The van der Waals surface area contributed by atoms with Crippen molar-refractivity contribution >= 4 is 0 Å². The summed E-state index contributed by atoms with van der Waals surface area (Å²) in [6.07, 6.45) is 0. The number of likely N-dealkylation sites (N-methyl/N-ethyl adjacent to an activating group) is 2. The van der Waals surface area contributed by atoms with Crippen LogP contribution < -0.4 is 14.8 Å². The van der Waals surface area contributed by atoms with Gasteiger partial charge in [0.05, 0.1) is 0 Å². The minimum atomic E-state index is 0.643. The molecule has 1 aliphatic heterocycles. The third-order valence-corrected chi connectivity index (χ3v) is 2.83. The van der Waals surface area contributed by atoms with Crippen molar-refractivity contribution < 1.29 is 9.47 Å². The average Bonchev–Trinajstić information content (AvgIpc) is 2.37. The maximum Gasteiger partial charge on any atom is 0.165 e. The van der Waals surface area contributed by atoms with Crippen molar-refractivity contribution in [3.63, 3.8) is 0 Å². The Morgan fingerprint density at radius 2 is 2.12 bits per heavy atom. The highest BCUT2D eigenvalue weighted by molar-refractivity contribution is 5.47. The standard InChI is InChI=1S/C13H20N2O2/c1-14-6-7-15(2)10-11-4-3-5-12-13(11)17-9-8-16-12/h3-5,14H,6-10H2,1-2H3. The van der Waals surface area contributed by atoms with Gasteiger partial charge in [-0.3, -0.25) is 0 Å². The fourth-order valence-corrected chi connectivity index (χ4v) is 1.93. The second-order valence-corrected chi connectivity index (χ2v) is 4.28. The summed E-state index contributed by atoms with van der Waals surface area (Å²) in [4.78, 5) is 2.27. The Bertz CT molecular complexity index is 368. The number of ether oxygens (including phenoxy) is 2. The van der Waals surface area contributed by atoms with Crippen molar-refractivity contribution in [2.24, 2.45) is 0 Å². The van der Waals surface area contributed by atoms with Crippen LogP contribution in [0.4, 0.5) is 0 Å². The van der Waals surface area contributed by atoms with E-state index in [4.69, 9.17) is 9.47 Å². The van der Waals surface area contributed by atoms with E-state index in [2.05, 4.69) is 23.3 Å². The summed E-state index contributed by atoms with van der Waals surface area (Å²) < 4.78 is 11.3. The molecule has 0 unspecified atom stereocenters. The first kappa shape index (κ1) is 12.2. The molecule has 0 spiro atoms.